The number of hydrogen-bond acceptors (Lipinski definition) is 4. The SMILES string of the molecule is CCCCn1c(SCC[NH+]2CCCCC2)nnc1-c1ccncc1. The summed E-state index contributed by atoms with van der Waals surface area (Å²) in [5.41, 5.74) is 1.10. The van der Waals surface area contributed by atoms with Crippen molar-refractivity contribution in [3.8, 4) is 11.4 Å². The molecule has 0 unspecified atom stereocenters. The van der Waals surface area contributed by atoms with E-state index in [0.29, 0.717) is 0 Å². The molecule has 0 aliphatic carbocycles. The Bertz CT molecular complexity index is 607. The minimum atomic E-state index is 0.971. The second-order valence-electron chi connectivity index (χ2n) is 6.46. The van der Waals surface area contributed by atoms with Crippen LogP contribution >= 0.6 is 11.8 Å². The first-order valence-corrected chi connectivity index (χ1v) is 10.2. The van der Waals surface area contributed by atoms with Crippen LogP contribution in [0.1, 0.15) is 39.0 Å². The van der Waals surface area contributed by atoms with Crippen molar-refractivity contribution in [2.24, 2.45) is 0 Å². The van der Waals surface area contributed by atoms with Gasteiger partial charge >= 0.3 is 0 Å². The highest BCUT2D eigenvalue weighted by molar-refractivity contribution is 7.99. The molecule has 3 rings (SSSR count). The maximum absolute atomic E-state index is 4.47. The summed E-state index contributed by atoms with van der Waals surface area (Å²) in [6.07, 6.45) is 10.2. The van der Waals surface area contributed by atoms with E-state index >= 15 is 0 Å². The molecule has 0 amide bonds. The van der Waals surface area contributed by atoms with Gasteiger partial charge in [-0.2, -0.15) is 0 Å². The Balaban J connectivity index is 1.66. The van der Waals surface area contributed by atoms with E-state index in [9.17, 15) is 0 Å². The molecule has 0 bridgehead atoms. The Labute approximate surface area is 148 Å². The zero-order valence-corrected chi connectivity index (χ0v) is 15.4. The predicted octanol–water partition coefficient (Wildman–Crippen LogP) is 2.30. The van der Waals surface area contributed by atoms with Crippen LogP contribution in [0.2, 0.25) is 0 Å². The van der Waals surface area contributed by atoms with E-state index in [1.165, 1.54) is 45.3 Å². The largest absolute Gasteiger partial charge is 0.334 e. The number of quaternary nitrogens is 1. The summed E-state index contributed by atoms with van der Waals surface area (Å²) in [6.45, 7) is 7.12. The highest BCUT2D eigenvalue weighted by Gasteiger charge is 2.16. The fourth-order valence-electron chi connectivity index (χ4n) is 3.22. The van der Waals surface area contributed by atoms with Crippen LogP contribution < -0.4 is 4.90 Å². The topological polar surface area (TPSA) is 48.0 Å². The van der Waals surface area contributed by atoms with Gasteiger partial charge in [0, 0.05) is 24.5 Å². The lowest BCUT2D eigenvalue weighted by Gasteiger charge is -2.23. The van der Waals surface area contributed by atoms with Crippen molar-refractivity contribution < 1.29 is 4.90 Å². The molecule has 1 fully saturated rings. The molecular weight excluding hydrogens is 318 g/mol. The molecule has 0 atom stereocenters. The van der Waals surface area contributed by atoms with Gasteiger partial charge in [-0.1, -0.05) is 25.1 Å². The quantitative estimate of drug-likeness (QED) is 0.745. The zero-order chi connectivity index (χ0) is 16.6. The van der Waals surface area contributed by atoms with E-state index < -0.39 is 0 Å². The number of nitrogens with one attached hydrogen (secondary N) is 1. The lowest BCUT2D eigenvalue weighted by atomic mass is 10.1. The molecule has 1 N–H and O–H groups in total. The normalized spacial score (nSPS) is 15.7. The molecule has 1 aliphatic heterocycles. The van der Waals surface area contributed by atoms with Crippen LogP contribution in [0, 0.1) is 0 Å². The summed E-state index contributed by atoms with van der Waals surface area (Å²) < 4.78 is 2.29. The average molecular weight is 347 g/mol. The predicted molar refractivity (Wildman–Crippen MR) is 98.3 cm³/mol. The molecule has 2 aromatic heterocycles. The number of aromatic nitrogens is 4. The number of thioether (sulfide) groups is 1. The van der Waals surface area contributed by atoms with Gasteiger partial charge in [-0.3, -0.25) is 4.98 Å². The minimum Gasteiger partial charge on any atom is -0.334 e. The van der Waals surface area contributed by atoms with Gasteiger partial charge in [-0.05, 0) is 37.8 Å². The zero-order valence-electron chi connectivity index (χ0n) is 14.6. The number of pyridine rings is 1. The Kier molecular flexibility index (Phi) is 6.66. The summed E-state index contributed by atoms with van der Waals surface area (Å²) in [5, 5.41) is 10.00. The first kappa shape index (κ1) is 17.4. The van der Waals surface area contributed by atoms with Gasteiger partial charge in [0.05, 0.1) is 25.4 Å². The van der Waals surface area contributed by atoms with Crippen molar-refractivity contribution in [2.75, 3.05) is 25.4 Å². The lowest BCUT2D eigenvalue weighted by molar-refractivity contribution is -0.902. The molecule has 3 heterocycles. The lowest BCUT2D eigenvalue weighted by Crippen LogP contribution is -3.13. The molecule has 6 heteroatoms. The number of nitrogens with zero attached hydrogens (tertiary/aromatic N) is 4. The van der Waals surface area contributed by atoms with E-state index in [-0.39, 0.29) is 0 Å². The van der Waals surface area contributed by atoms with Crippen LogP contribution in [0.3, 0.4) is 0 Å². The summed E-state index contributed by atoms with van der Waals surface area (Å²) in [7, 11) is 0. The Morgan fingerprint density at radius 2 is 1.92 bits per heavy atom. The molecule has 24 heavy (non-hydrogen) atoms. The monoisotopic (exact) mass is 346 g/mol. The highest BCUT2D eigenvalue weighted by Crippen LogP contribution is 2.23. The van der Waals surface area contributed by atoms with Crippen LogP contribution in [0.15, 0.2) is 29.7 Å². The smallest absolute Gasteiger partial charge is 0.191 e. The Morgan fingerprint density at radius 3 is 2.67 bits per heavy atom. The third kappa shape index (κ3) is 4.57. The van der Waals surface area contributed by atoms with Crippen molar-refractivity contribution in [1.82, 2.24) is 19.7 Å². The second kappa shape index (κ2) is 9.18. The van der Waals surface area contributed by atoms with E-state index in [4.69, 9.17) is 0 Å². The summed E-state index contributed by atoms with van der Waals surface area (Å²) >= 11 is 1.86. The molecule has 1 saturated heterocycles. The molecule has 0 aromatic carbocycles. The van der Waals surface area contributed by atoms with Crippen LogP contribution in [0.4, 0.5) is 0 Å². The number of unbranched alkanes of at least 4 members (excludes halogenated alkanes) is 1. The average Bonchev–Trinajstić information content (AvgIpc) is 3.04. The molecule has 5 nitrogen and oxygen atoms in total. The summed E-state index contributed by atoms with van der Waals surface area (Å²) in [6, 6.07) is 4.03. The molecular formula is C18H28N5S+. The van der Waals surface area contributed by atoms with Crippen molar-refractivity contribution in [3.05, 3.63) is 24.5 Å². The Morgan fingerprint density at radius 1 is 1.12 bits per heavy atom. The van der Waals surface area contributed by atoms with Crippen molar-refractivity contribution >= 4 is 11.8 Å². The fraction of sp³-hybridized carbons (Fsp3) is 0.611. The van der Waals surface area contributed by atoms with Crippen molar-refractivity contribution in [2.45, 2.75) is 50.7 Å². The van der Waals surface area contributed by atoms with Gasteiger partial charge in [0.15, 0.2) is 11.0 Å². The van der Waals surface area contributed by atoms with Crippen LogP contribution in [-0.2, 0) is 6.54 Å². The van der Waals surface area contributed by atoms with E-state index in [1.54, 1.807) is 4.90 Å². The fourth-order valence-corrected chi connectivity index (χ4v) is 4.22. The van der Waals surface area contributed by atoms with Gasteiger partial charge in [0.2, 0.25) is 0 Å². The van der Waals surface area contributed by atoms with Crippen molar-refractivity contribution in [1.29, 1.82) is 0 Å². The van der Waals surface area contributed by atoms with Crippen molar-refractivity contribution in [3.63, 3.8) is 0 Å². The van der Waals surface area contributed by atoms with E-state index in [2.05, 4.69) is 26.7 Å². The summed E-state index contributed by atoms with van der Waals surface area (Å²) in [4.78, 5) is 5.86. The van der Waals surface area contributed by atoms with E-state index in [0.717, 1.165) is 35.3 Å². The van der Waals surface area contributed by atoms with Gasteiger partial charge in [0.1, 0.15) is 0 Å². The number of likely N-dealkylation sites (tertiary alicyclic amines) is 1. The maximum atomic E-state index is 4.47. The van der Waals surface area contributed by atoms with Gasteiger partial charge in [-0.25, -0.2) is 0 Å². The van der Waals surface area contributed by atoms with Gasteiger partial charge in [0.25, 0.3) is 0 Å². The molecule has 0 spiro atoms. The second-order valence-corrected chi connectivity index (χ2v) is 7.52. The molecule has 130 valence electrons. The molecule has 2 aromatic rings. The first-order valence-electron chi connectivity index (χ1n) is 9.18. The Hall–Kier alpha value is -1.40. The van der Waals surface area contributed by atoms with Crippen LogP contribution in [-0.4, -0.2) is 45.1 Å². The maximum Gasteiger partial charge on any atom is 0.191 e. The minimum absolute atomic E-state index is 0.971. The molecule has 0 saturated carbocycles. The number of hydrogen-bond donors (Lipinski definition) is 1. The third-order valence-electron chi connectivity index (χ3n) is 4.64. The molecule has 0 radical (unpaired) electrons. The first-order chi connectivity index (χ1) is 11.9. The van der Waals surface area contributed by atoms with E-state index in [1.807, 2.05) is 36.3 Å². The number of piperidine rings is 1. The van der Waals surface area contributed by atoms with Crippen LogP contribution in [0.5, 0.6) is 0 Å². The molecule has 1 aliphatic rings. The summed E-state index contributed by atoms with van der Waals surface area (Å²) in [5.74, 6) is 2.09. The van der Waals surface area contributed by atoms with Gasteiger partial charge in [-0.15, -0.1) is 10.2 Å². The van der Waals surface area contributed by atoms with Gasteiger partial charge < -0.3 is 9.47 Å². The highest BCUT2D eigenvalue weighted by atomic mass is 32.2. The van der Waals surface area contributed by atoms with Crippen LogP contribution in [0.25, 0.3) is 11.4 Å². The standard InChI is InChI=1S/C18H27N5S/c1-2-3-13-23-17(16-7-9-19-10-8-16)20-21-18(23)24-15-14-22-11-5-4-6-12-22/h7-10H,2-6,11-15H2,1H3/p+1. The number of rotatable bonds is 8. The third-order valence-corrected chi connectivity index (χ3v) is 5.61.